The summed E-state index contributed by atoms with van der Waals surface area (Å²) in [5, 5.41) is 14.1. The van der Waals surface area contributed by atoms with Crippen LogP contribution in [0.3, 0.4) is 0 Å². The predicted molar refractivity (Wildman–Crippen MR) is 78.6 cm³/mol. The lowest BCUT2D eigenvalue weighted by atomic mass is 10.00. The first-order valence-corrected chi connectivity index (χ1v) is 7.43. The Balaban J connectivity index is 1.87. The number of aliphatic hydroxyl groups is 1. The number of fused-ring (bicyclic) bond motifs is 1. The Hall–Kier alpha value is -0.770. The summed E-state index contributed by atoms with van der Waals surface area (Å²) in [6.45, 7) is 2.79. The molecule has 4 heteroatoms. The highest BCUT2D eigenvalue weighted by Gasteiger charge is 2.42. The van der Waals surface area contributed by atoms with Gasteiger partial charge in [0.2, 0.25) is 0 Å². The fourth-order valence-electron chi connectivity index (χ4n) is 3.67. The molecule has 104 valence electrons. The van der Waals surface area contributed by atoms with E-state index in [1.807, 2.05) is 19.2 Å². The SMILES string of the molecule is CNCc1cccc(Cl)c1N1CC2CCC(O)C2C1. The molecule has 1 heterocycles. The molecule has 1 aliphatic carbocycles. The van der Waals surface area contributed by atoms with Gasteiger partial charge in [-0.15, -0.1) is 0 Å². The van der Waals surface area contributed by atoms with Crippen molar-refractivity contribution in [2.75, 3.05) is 25.0 Å². The van der Waals surface area contributed by atoms with Gasteiger partial charge < -0.3 is 15.3 Å². The molecule has 1 aliphatic heterocycles. The van der Waals surface area contributed by atoms with Crippen molar-refractivity contribution in [1.82, 2.24) is 5.32 Å². The van der Waals surface area contributed by atoms with Gasteiger partial charge in [-0.2, -0.15) is 0 Å². The lowest BCUT2D eigenvalue weighted by Crippen LogP contribution is -2.26. The molecule has 0 radical (unpaired) electrons. The number of rotatable bonds is 3. The van der Waals surface area contributed by atoms with E-state index >= 15 is 0 Å². The first-order valence-electron chi connectivity index (χ1n) is 7.05. The van der Waals surface area contributed by atoms with Crippen molar-refractivity contribution in [2.24, 2.45) is 11.8 Å². The second-order valence-corrected chi connectivity index (χ2v) is 6.16. The smallest absolute Gasteiger partial charge is 0.0642 e. The number of para-hydroxylation sites is 1. The molecule has 3 unspecified atom stereocenters. The summed E-state index contributed by atoms with van der Waals surface area (Å²) >= 11 is 6.41. The molecule has 3 nitrogen and oxygen atoms in total. The summed E-state index contributed by atoms with van der Waals surface area (Å²) in [4.78, 5) is 2.37. The van der Waals surface area contributed by atoms with Crippen LogP contribution < -0.4 is 10.2 Å². The lowest BCUT2D eigenvalue weighted by Gasteiger charge is -2.24. The van der Waals surface area contributed by atoms with Gasteiger partial charge in [-0.3, -0.25) is 0 Å². The van der Waals surface area contributed by atoms with Gasteiger partial charge in [-0.1, -0.05) is 23.7 Å². The maximum atomic E-state index is 10.0. The second-order valence-electron chi connectivity index (χ2n) is 5.75. The molecule has 1 saturated heterocycles. The highest BCUT2D eigenvalue weighted by Crippen LogP contribution is 2.42. The molecule has 0 spiro atoms. The molecule has 19 heavy (non-hydrogen) atoms. The third-order valence-corrected chi connectivity index (χ3v) is 4.88. The largest absolute Gasteiger partial charge is 0.393 e. The summed E-state index contributed by atoms with van der Waals surface area (Å²) in [6, 6.07) is 6.09. The molecule has 2 N–H and O–H groups in total. The lowest BCUT2D eigenvalue weighted by molar-refractivity contribution is 0.133. The van der Waals surface area contributed by atoms with Gasteiger partial charge in [0.25, 0.3) is 0 Å². The van der Waals surface area contributed by atoms with Crippen LogP contribution in [-0.2, 0) is 6.54 Å². The molecule has 3 rings (SSSR count). The van der Waals surface area contributed by atoms with Crippen molar-refractivity contribution in [2.45, 2.75) is 25.5 Å². The molecule has 3 atom stereocenters. The van der Waals surface area contributed by atoms with Crippen molar-refractivity contribution < 1.29 is 5.11 Å². The zero-order chi connectivity index (χ0) is 13.4. The standard InChI is InChI=1S/C15H21ClN2O/c1-17-7-10-3-2-4-13(16)15(10)18-8-11-5-6-14(19)12(11)9-18/h2-4,11-12,14,17,19H,5-9H2,1H3. The van der Waals surface area contributed by atoms with Gasteiger partial charge in [0.05, 0.1) is 16.8 Å². The maximum absolute atomic E-state index is 10.0. The zero-order valence-corrected chi connectivity index (χ0v) is 12.0. The van der Waals surface area contributed by atoms with Crippen molar-refractivity contribution in [1.29, 1.82) is 0 Å². The third kappa shape index (κ3) is 2.35. The number of nitrogens with zero attached hydrogens (tertiary/aromatic N) is 1. The van der Waals surface area contributed by atoms with Crippen LogP contribution in [-0.4, -0.2) is 31.3 Å². The zero-order valence-electron chi connectivity index (χ0n) is 11.3. The average molecular weight is 281 g/mol. The summed E-state index contributed by atoms with van der Waals surface area (Å²) in [6.07, 6.45) is 1.99. The van der Waals surface area contributed by atoms with E-state index in [9.17, 15) is 5.11 Å². The van der Waals surface area contributed by atoms with Crippen LogP contribution in [0.15, 0.2) is 18.2 Å². The summed E-state index contributed by atoms with van der Waals surface area (Å²) in [7, 11) is 1.95. The molecule has 1 aromatic carbocycles. The Morgan fingerprint density at radius 1 is 1.37 bits per heavy atom. The van der Waals surface area contributed by atoms with Gasteiger partial charge in [0.15, 0.2) is 0 Å². The molecule has 1 saturated carbocycles. The van der Waals surface area contributed by atoms with Crippen LogP contribution in [0, 0.1) is 11.8 Å². The van der Waals surface area contributed by atoms with Crippen LogP contribution in [0.1, 0.15) is 18.4 Å². The van der Waals surface area contributed by atoms with Crippen molar-refractivity contribution in [3.63, 3.8) is 0 Å². The minimum absolute atomic E-state index is 0.120. The van der Waals surface area contributed by atoms with Crippen molar-refractivity contribution >= 4 is 17.3 Å². The molecule has 1 aromatic rings. The fraction of sp³-hybridized carbons (Fsp3) is 0.600. The second kappa shape index (κ2) is 5.31. The van der Waals surface area contributed by atoms with Gasteiger partial charge >= 0.3 is 0 Å². The monoisotopic (exact) mass is 280 g/mol. The maximum Gasteiger partial charge on any atom is 0.0642 e. The van der Waals surface area contributed by atoms with Gasteiger partial charge in [-0.05, 0) is 37.4 Å². The molecule has 0 amide bonds. The quantitative estimate of drug-likeness (QED) is 0.892. The normalized spacial score (nSPS) is 29.8. The van der Waals surface area contributed by atoms with Crippen molar-refractivity contribution in [3.05, 3.63) is 28.8 Å². The molecule has 2 aliphatic rings. The molecule has 2 fully saturated rings. The minimum Gasteiger partial charge on any atom is -0.393 e. The van der Waals surface area contributed by atoms with Crippen LogP contribution >= 0.6 is 11.6 Å². The van der Waals surface area contributed by atoms with Crippen LogP contribution in [0.5, 0.6) is 0 Å². The average Bonchev–Trinajstić information content (AvgIpc) is 2.93. The van der Waals surface area contributed by atoms with E-state index in [0.29, 0.717) is 11.8 Å². The van der Waals surface area contributed by atoms with Gasteiger partial charge in [-0.25, -0.2) is 0 Å². The van der Waals surface area contributed by atoms with Crippen LogP contribution in [0.25, 0.3) is 0 Å². The number of anilines is 1. The van der Waals surface area contributed by atoms with Crippen LogP contribution in [0.4, 0.5) is 5.69 Å². The predicted octanol–water partition coefficient (Wildman–Crippen LogP) is 2.27. The topological polar surface area (TPSA) is 35.5 Å². The summed E-state index contributed by atoms with van der Waals surface area (Å²) in [5.74, 6) is 1.06. The number of hydrogen-bond acceptors (Lipinski definition) is 3. The van der Waals surface area contributed by atoms with E-state index in [-0.39, 0.29) is 6.10 Å². The number of aliphatic hydroxyl groups excluding tert-OH is 1. The Morgan fingerprint density at radius 3 is 2.95 bits per heavy atom. The summed E-state index contributed by atoms with van der Waals surface area (Å²) in [5.41, 5.74) is 2.39. The number of nitrogens with one attached hydrogen (secondary N) is 1. The highest BCUT2D eigenvalue weighted by atomic mass is 35.5. The molecular formula is C15H21ClN2O. The van der Waals surface area contributed by atoms with Crippen molar-refractivity contribution in [3.8, 4) is 0 Å². The molecule has 0 bridgehead atoms. The first kappa shape index (κ1) is 13.2. The Morgan fingerprint density at radius 2 is 2.21 bits per heavy atom. The first-order chi connectivity index (χ1) is 9.20. The van der Waals surface area contributed by atoms with Crippen LogP contribution in [0.2, 0.25) is 5.02 Å². The van der Waals surface area contributed by atoms with E-state index in [4.69, 9.17) is 11.6 Å². The Bertz CT molecular complexity index is 465. The minimum atomic E-state index is -0.120. The van der Waals surface area contributed by atoms with E-state index in [1.165, 1.54) is 5.56 Å². The number of halogens is 1. The van der Waals surface area contributed by atoms with E-state index in [0.717, 1.165) is 43.2 Å². The van der Waals surface area contributed by atoms with Gasteiger partial charge in [0.1, 0.15) is 0 Å². The highest BCUT2D eigenvalue weighted by molar-refractivity contribution is 6.33. The molecule has 0 aromatic heterocycles. The fourth-order valence-corrected chi connectivity index (χ4v) is 3.98. The number of hydrogen-bond donors (Lipinski definition) is 2. The van der Waals surface area contributed by atoms with E-state index < -0.39 is 0 Å². The third-order valence-electron chi connectivity index (χ3n) is 4.57. The summed E-state index contributed by atoms with van der Waals surface area (Å²) < 4.78 is 0. The van der Waals surface area contributed by atoms with E-state index in [2.05, 4.69) is 16.3 Å². The number of benzene rings is 1. The van der Waals surface area contributed by atoms with Gasteiger partial charge in [0, 0.05) is 25.6 Å². The Kier molecular flexibility index (Phi) is 3.70. The molecular weight excluding hydrogens is 260 g/mol. The Labute approximate surface area is 119 Å². The van der Waals surface area contributed by atoms with E-state index in [1.54, 1.807) is 0 Å².